The van der Waals surface area contributed by atoms with Gasteiger partial charge in [0.2, 0.25) is 0 Å². The highest BCUT2D eigenvalue weighted by molar-refractivity contribution is 7.89. The standard InChI is InChI=1S/C7H7N3O2S/c8-5-10-13(11,12)7-4-2-1-3-6(7)9/h1-4,10H,9H2. The Morgan fingerprint density at radius 1 is 1.38 bits per heavy atom. The summed E-state index contributed by atoms with van der Waals surface area (Å²) in [6.45, 7) is 0. The predicted molar refractivity (Wildman–Crippen MR) is 46.8 cm³/mol. The van der Waals surface area contributed by atoms with Crippen molar-refractivity contribution in [1.29, 1.82) is 5.26 Å². The van der Waals surface area contributed by atoms with E-state index in [-0.39, 0.29) is 10.6 Å². The van der Waals surface area contributed by atoms with E-state index < -0.39 is 10.0 Å². The molecule has 0 fully saturated rings. The zero-order valence-corrected chi connectivity index (χ0v) is 7.38. The Bertz CT molecular complexity index is 447. The Morgan fingerprint density at radius 3 is 2.54 bits per heavy atom. The number of hydrogen-bond donors (Lipinski definition) is 2. The highest BCUT2D eigenvalue weighted by Crippen LogP contribution is 2.16. The van der Waals surface area contributed by atoms with Gasteiger partial charge in [0.15, 0.2) is 6.19 Å². The first-order chi connectivity index (χ1) is 6.08. The van der Waals surface area contributed by atoms with Gasteiger partial charge in [0.1, 0.15) is 4.90 Å². The molecule has 0 unspecified atom stereocenters. The number of nitrogen functional groups attached to an aromatic ring is 1. The number of nitrogens with two attached hydrogens (primary N) is 1. The number of nitrogens with one attached hydrogen (secondary N) is 1. The summed E-state index contributed by atoms with van der Waals surface area (Å²) in [7, 11) is -3.78. The van der Waals surface area contributed by atoms with Crippen LogP contribution >= 0.6 is 0 Å². The molecule has 1 aromatic rings. The first kappa shape index (κ1) is 9.35. The van der Waals surface area contributed by atoms with Crippen LogP contribution in [0.1, 0.15) is 0 Å². The highest BCUT2D eigenvalue weighted by Gasteiger charge is 2.15. The molecule has 6 heteroatoms. The molecule has 0 radical (unpaired) electrons. The summed E-state index contributed by atoms with van der Waals surface area (Å²) in [5.74, 6) is 0. The predicted octanol–water partition coefficient (Wildman–Crippen LogP) is 0.0282. The van der Waals surface area contributed by atoms with Crippen LogP contribution in [0.4, 0.5) is 5.69 Å². The average molecular weight is 197 g/mol. The topological polar surface area (TPSA) is 96.0 Å². The lowest BCUT2D eigenvalue weighted by atomic mass is 10.3. The zero-order valence-electron chi connectivity index (χ0n) is 6.56. The van der Waals surface area contributed by atoms with Crippen molar-refractivity contribution < 1.29 is 8.42 Å². The van der Waals surface area contributed by atoms with E-state index in [4.69, 9.17) is 11.0 Å². The Morgan fingerprint density at radius 2 is 2.00 bits per heavy atom. The van der Waals surface area contributed by atoms with Gasteiger partial charge >= 0.3 is 0 Å². The van der Waals surface area contributed by atoms with Crippen molar-refractivity contribution in [2.24, 2.45) is 0 Å². The van der Waals surface area contributed by atoms with Crippen LogP contribution in [0.15, 0.2) is 29.2 Å². The lowest BCUT2D eigenvalue weighted by Gasteiger charge is -2.03. The van der Waals surface area contributed by atoms with Crippen molar-refractivity contribution in [1.82, 2.24) is 4.72 Å². The first-order valence-corrected chi connectivity index (χ1v) is 4.81. The van der Waals surface area contributed by atoms with Gasteiger partial charge in [0, 0.05) is 0 Å². The molecule has 0 amide bonds. The average Bonchev–Trinajstić information content (AvgIpc) is 2.04. The van der Waals surface area contributed by atoms with Gasteiger partial charge in [0.25, 0.3) is 10.0 Å². The van der Waals surface area contributed by atoms with Crippen molar-refractivity contribution in [3.63, 3.8) is 0 Å². The molecular formula is C7H7N3O2S. The monoisotopic (exact) mass is 197 g/mol. The Labute approximate surface area is 75.8 Å². The molecule has 0 saturated carbocycles. The van der Waals surface area contributed by atoms with Gasteiger partial charge in [-0.25, -0.2) is 13.1 Å². The van der Waals surface area contributed by atoms with Crippen LogP contribution in [-0.2, 0) is 10.0 Å². The fourth-order valence-corrected chi connectivity index (χ4v) is 1.71. The lowest BCUT2D eigenvalue weighted by Crippen LogP contribution is -2.19. The summed E-state index contributed by atoms with van der Waals surface area (Å²) in [6.07, 6.45) is 1.34. The second kappa shape index (κ2) is 3.33. The molecule has 5 nitrogen and oxygen atoms in total. The molecule has 0 bridgehead atoms. The molecule has 0 aliphatic heterocycles. The molecule has 0 heterocycles. The van der Waals surface area contributed by atoms with Gasteiger partial charge in [-0.2, -0.15) is 5.26 Å². The molecule has 0 aliphatic carbocycles. The number of anilines is 1. The minimum atomic E-state index is -3.78. The van der Waals surface area contributed by atoms with Crippen molar-refractivity contribution in [3.05, 3.63) is 24.3 Å². The lowest BCUT2D eigenvalue weighted by molar-refractivity contribution is 0.592. The van der Waals surface area contributed by atoms with Crippen molar-refractivity contribution in [2.75, 3.05) is 5.73 Å². The van der Waals surface area contributed by atoms with Crippen molar-refractivity contribution in [3.8, 4) is 6.19 Å². The molecule has 3 N–H and O–H groups in total. The minimum Gasteiger partial charge on any atom is -0.398 e. The molecule has 0 aliphatic rings. The van der Waals surface area contributed by atoms with E-state index >= 15 is 0 Å². The van der Waals surface area contributed by atoms with E-state index in [9.17, 15) is 8.42 Å². The quantitative estimate of drug-likeness (QED) is 0.397. The fourth-order valence-electron chi connectivity index (χ4n) is 0.840. The van der Waals surface area contributed by atoms with Crippen LogP contribution in [0.2, 0.25) is 0 Å². The molecule has 1 aromatic carbocycles. The second-order valence-corrected chi connectivity index (χ2v) is 3.91. The molecule has 13 heavy (non-hydrogen) atoms. The Balaban J connectivity index is 3.25. The second-order valence-electron chi connectivity index (χ2n) is 2.26. The number of nitrogens with zero attached hydrogens (tertiary/aromatic N) is 1. The molecule has 1 rings (SSSR count). The minimum absolute atomic E-state index is 0.0865. The zero-order chi connectivity index (χ0) is 9.90. The van der Waals surface area contributed by atoms with Crippen molar-refractivity contribution >= 4 is 15.7 Å². The third-order valence-electron chi connectivity index (χ3n) is 1.39. The van der Waals surface area contributed by atoms with Crippen LogP contribution in [0, 0.1) is 11.5 Å². The highest BCUT2D eigenvalue weighted by atomic mass is 32.2. The molecule has 0 atom stereocenters. The molecule has 68 valence electrons. The summed E-state index contributed by atoms with van der Waals surface area (Å²) in [6, 6.07) is 5.92. The van der Waals surface area contributed by atoms with Crippen LogP contribution < -0.4 is 10.5 Å². The van der Waals surface area contributed by atoms with Crippen molar-refractivity contribution in [2.45, 2.75) is 4.90 Å². The van der Waals surface area contributed by atoms with E-state index in [1.54, 1.807) is 10.8 Å². The van der Waals surface area contributed by atoms with E-state index in [0.717, 1.165) is 0 Å². The van der Waals surface area contributed by atoms with E-state index in [2.05, 4.69) is 0 Å². The molecule has 0 spiro atoms. The summed E-state index contributed by atoms with van der Waals surface area (Å²) >= 11 is 0. The summed E-state index contributed by atoms with van der Waals surface area (Å²) < 4.78 is 24.2. The van der Waals surface area contributed by atoms with Gasteiger partial charge in [-0.05, 0) is 12.1 Å². The number of sulfonamides is 1. The summed E-state index contributed by atoms with van der Waals surface area (Å²) in [4.78, 5) is -0.0865. The smallest absolute Gasteiger partial charge is 0.272 e. The van der Waals surface area contributed by atoms with Crippen LogP contribution in [-0.4, -0.2) is 8.42 Å². The number of benzene rings is 1. The Kier molecular flexibility index (Phi) is 2.39. The van der Waals surface area contributed by atoms with Gasteiger partial charge in [-0.1, -0.05) is 12.1 Å². The molecule has 0 aromatic heterocycles. The SMILES string of the molecule is N#CNS(=O)(=O)c1ccccc1N. The van der Waals surface area contributed by atoms with Gasteiger partial charge in [-0.3, -0.25) is 0 Å². The van der Waals surface area contributed by atoms with E-state index in [0.29, 0.717) is 0 Å². The number of para-hydroxylation sites is 1. The van der Waals surface area contributed by atoms with Crippen LogP contribution in [0.3, 0.4) is 0 Å². The van der Waals surface area contributed by atoms with E-state index in [1.807, 2.05) is 0 Å². The van der Waals surface area contributed by atoms with Gasteiger partial charge in [0.05, 0.1) is 5.69 Å². The van der Waals surface area contributed by atoms with Gasteiger partial charge < -0.3 is 5.73 Å². The maximum absolute atomic E-state index is 11.2. The Hall–Kier alpha value is -1.74. The fraction of sp³-hybridized carbons (Fsp3) is 0. The first-order valence-electron chi connectivity index (χ1n) is 3.33. The summed E-state index contributed by atoms with van der Waals surface area (Å²) in [5.41, 5.74) is 5.52. The number of nitriles is 1. The molecule has 0 saturated heterocycles. The van der Waals surface area contributed by atoms with Gasteiger partial charge in [-0.15, -0.1) is 0 Å². The van der Waals surface area contributed by atoms with E-state index in [1.165, 1.54) is 24.4 Å². The van der Waals surface area contributed by atoms with Crippen LogP contribution in [0.25, 0.3) is 0 Å². The maximum atomic E-state index is 11.2. The third-order valence-corrected chi connectivity index (χ3v) is 2.70. The van der Waals surface area contributed by atoms with Crippen LogP contribution in [0.5, 0.6) is 0 Å². The number of rotatable bonds is 2. The normalized spacial score (nSPS) is 10.4. The number of hydrogen-bond acceptors (Lipinski definition) is 4. The maximum Gasteiger partial charge on any atom is 0.272 e. The summed E-state index contributed by atoms with van der Waals surface area (Å²) in [5, 5.41) is 8.17. The largest absolute Gasteiger partial charge is 0.398 e. The third kappa shape index (κ3) is 1.89. The molecular weight excluding hydrogens is 190 g/mol.